The summed E-state index contributed by atoms with van der Waals surface area (Å²) in [5.74, 6) is -0.976. The maximum absolute atomic E-state index is 12.3. The molecule has 0 aliphatic carbocycles. The molecule has 126 valence electrons. The first-order valence-electron chi connectivity index (χ1n) is 7.57. The number of Topliss-reactive ketones (excluding diaryl/α,β-unsaturated/α-hetero) is 1. The third-order valence-corrected chi connectivity index (χ3v) is 3.21. The summed E-state index contributed by atoms with van der Waals surface area (Å²) < 4.78 is 5.15. The van der Waals surface area contributed by atoms with Crippen LogP contribution in [0.5, 0.6) is 0 Å². The largest absolute Gasteiger partial charge is 0.459 e. The summed E-state index contributed by atoms with van der Waals surface area (Å²) in [6.07, 6.45) is 1.49. The summed E-state index contributed by atoms with van der Waals surface area (Å²) >= 11 is 0. The number of amides is 1. The number of carbonyl (C=O) groups is 3. The standard InChI is InChI=1S/C18H20N2O4/c1-11(21)12-5-6-13-14(7-8-19-15(13)9-12)17(23)20-10-16(22)24-18(2,3)4/h5-9H,10H2,1-4H3,(H,20,23). The second-order valence-corrected chi connectivity index (χ2v) is 6.42. The molecule has 0 saturated heterocycles. The van der Waals surface area contributed by atoms with Crippen LogP contribution in [0, 0.1) is 0 Å². The molecule has 0 aliphatic rings. The molecule has 1 amide bonds. The van der Waals surface area contributed by atoms with Crippen molar-refractivity contribution in [1.82, 2.24) is 10.3 Å². The zero-order chi connectivity index (χ0) is 17.9. The van der Waals surface area contributed by atoms with Gasteiger partial charge in [0.1, 0.15) is 12.1 Å². The van der Waals surface area contributed by atoms with Crippen LogP contribution in [-0.4, -0.2) is 34.8 Å². The molecule has 0 atom stereocenters. The van der Waals surface area contributed by atoms with Gasteiger partial charge < -0.3 is 10.1 Å². The molecule has 6 heteroatoms. The number of rotatable bonds is 4. The molecule has 0 aliphatic heterocycles. The second-order valence-electron chi connectivity index (χ2n) is 6.42. The van der Waals surface area contributed by atoms with Gasteiger partial charge in [-0.2, -0.15) is 0 Å². The number of hydrogen-bond acceptors (Lipinski definition) is 5. The van der Waals surface area contributed by atoms with E-state index in [0.29, 0.717) is 22.0 Å². The lowest BCUT2D eigenvalue weighted by Gasteiger charge is -2.19. The highest BCUT2D eigenvalue weighted by Crippen LogP contribution is 2.18. The second kappa shape index (κ2) is 6.78. The molecule has 6 nitrogen and oxygen atoms in total. The Kier molecular flexibility index (Phi) is 4.97. The van der Waals surface area contributed by atoms with E-state index in [1.807, 2.05) is 0 Å². The van der Waals surface area contributed by atoms with Gasteiger partial charge in [0.25, 0.3) is 5.91 Å². The van der Waals surface area contributed by atoms with E-state index in [-0.39, 0.29) is 12.3 Å². The van der Waals surface area contributed by atoms with Crippen LogP contribution in [0.15, 0.2) is 30.5 Å². The molecule has 0 radical (unpaired) electrons. The Morgan fingerprint density at radius 3 is 2.50 bits per heavy atom. The summed E-state index contributed by atoms with van der Waals surface area (Å²) in [6, 6.07) is 6.54. The van der Waals surface area contributed by atoms with E-state index < -0.39 is 17.5 Å². The van der Waals surface area contributed by atoms with Gasteiger partial charge in [-0.15, -0.1) is 0 Å². The van der Waals surface area contributed by atoms with Crippen molar-refractivity contribution in [1.29, 1.82) is 0 Å². The summed E-state index contributed by atoms with van der Waals surface area (Å²) in [5, 5.41) is 3.16. The smallest absolute Gasteiger partial charge is 0.325 e. The van der Waals surface area contributed by atoms with Crippen LogP contribution in [0.3, 0.4) is 0 Å². The van der Waals surface area contributed by atoms with Gasteiger partial charge in [0.05, 0.1) is 11.1 Å². The maximum Gasteiger partial charge on any atom is 0.325 e. The summed E-state index contributed by atoms with van der Waals surface area (Å²) in [4.78, 5) is 39.7. The van der Waals surface area contributed by atoms with Crippen LogP contribution in [0.1, 0.15) is 48.4 Å². The number of ketones is 1. The quantitative estimate of drug-likeness (QED) is 0.688. The van der Waals surface area contributed by atoms with Gasteiger partial charge in [0.15, 0.2) is 5.78 Å². The molecule has 2 rings (SSSR count). The van der Waals surface area contributed by atoms with Gasteiger partial charge in [-0.3, -0.25) is 19.4 Å². The Morgan fingerprint density at radius 1 is 1.17 bits per heavy atom. The lowest BCUT2D eigenvalue weighted by molar-refractivity contribution is -0.153. The number of carbonyl (C=O) groups excluding carboxylic acids is 3. The number of fused-ring (bicyclic) bond motifs is 1. The molecule has 1 N–H and O–H groups in total. The third kappa shape index (κ3) is 4.38. The van der Waals surface area contributed by atoms with Crippen LogP contribution >= 0.6 is 0 Å². The number of nitrogens with one attached hydrogen (secondary N) is 1. The van der Waals surface area contributed by atoms with Crippen LogP contribution in [0.4, 0.5) is 0 Å². The van der Waals surface area contributed by atoms with E-state index in [1.165, 1.54) is 13.1 Å². The lowest BCUT2D eigenvalue weighted by atomic mass is 10.0. The highest BCUT2D eigenvalue weighted by molar-refractivity contribution is 6.08. The van der Waals surface area contributed by atoms with Gasteiger partial charge in [0.2, 0.25) is 0 Å². The molecule has 0 spiro atoms. The predicted molar refractivity (Wildman–Crippen MR) is 89.9 cm³/mol. The molecule has 2 aromatic rings. The van der Waals surface area contributed by atoms with Gasteiger partial charge in [0, 0.05) is 17.1 Å². The number of aromatic nitrogens is 1. The number of ether oxygens (including phenoxy) is 1. The van der Waals surface area contributed by atoms with Crippen molar-refractivity contribution >= 4 is 28.6 Å². The fourth-order valence-electron chi connectivity index (χ4n) is 2.19. The van der Waals surface area contributed by atoms with E-state index >= 15 is 0 Å². The zero-order valence-corrected chi connectivity index (χ0v) is 14.2. The minimum atomic E-state index is -0.603. The van der Waals surface area contributed by atoms with Gasteiger partial charge in [-0.25, -0.2) is 0 Å². The molecule has 0 fully saturated rings. The summed E-state index contributed by atoms with van der Waals surface area (Å²) in [5.41, 5.74) is 0.862. The first-order valence-corrected chi connectivity index (χ1v) is 7.57. The summed E-state index contributed by atoms with van der Waals surface area (Å²) in [7, 11) is 0. The van der Waals surface area contributed by atoms with Crippen molar-refractivity contribution in [2.24, 2.45) is 0 Å². The van der Waals surface area contributed by atoms with Gasteiger partial charge in [-0.1, -0.05) is 12.1 Å². The normalized spacial score (nSPS) is 11.2. The first kappa shape index (κ1) is 17.6. The number of esters is 1. The van der Waals surface area contributed by atoms with Crippen molar-refractivity contribution < 1.29 is 19.1 Å². The number of pyridine rings is 1. The van der Waals surface area contributed by atoms with Crippen molar-refractivity contribution in [2.45, 2.75) is 33.3 Å². The molecule has 1 aromatic carbocycles. The molecule has 0 unspecified atom stereocenters. The van der Waals surface area contributed by atoms with Crippen LogP contribution in [0.25, 0.3) is 10.9 Å². The number of benzene rings is 1. The average molecular weight is 328 g/mol. The topological polar surface area (TPSA) is 85.4 Å². The Labute approximate surface area is 140 Å². The molecule has 0 bridgehead atoms. The molecule has 1 aromatic heterocycles. The van der Waals surface area contributed by atoms with Crippen molar-refractivity contribution in [3.8, 4) is 0 Å². The van der Waals surface area contributed by atoms with E-state index in [4.69, 9.17) is 4.74 Å². The van der Waals surface area contributed by atoms with E-state index in [1.54, 1.807) is 45.0 Å². The highest BCUT2D eigenvalue weighted by Gasteiger charge is 2.18. The van der Waals surface area contributed by atoms with Crippen LogP contribution < -0.4 is 5.32 Å². The zero-order valence-electron chi connectivity index (χ0n) is 14.2. The Bertz CT molecular complexity index is 806. The molecule has 0 saturated carbocycles. The monoisotopic (exact) mass is 328 g/mol. The minimum absolute atomic E-state index is 0.0709. The number of nitrogens with zero attached hydrogens (tertiary/aromatic N) is 1. The Balaban J connectivity index is 2.18. The third-order valence-electron chi connectivity index (χ3n) is 3.21. The molecular weight excluding hydrogens is 308 g/mol. The fraction of sp³-hybridized carbons (Fsp3) is 0.333. The first-order chi connectivity index (χ1) is 11.2. The Morgan fingerprint density at radius 2 is 1.88 bits per heavy atom. The lowest BCUT2D eigenvalue weighted by Crippen LogP contribution is -2.34. The van der Waals surface area contributed by atoms with E-state index in [2.05, 4.69) is 10.3 Å². The molecule has 24 heavy (non-hydrogen) atoms. The Hall–Kier alpha value is -2.76. The van der Waals surface area contributed by atoms with E-state index in [9.17, 15) is 14.4 Å². The van der Waals surface area contributed by atoms with Gasteiger partial charge in [-0.05, 0) is 39.8 Å². The van der Waals surface area contributed by atoms with Crippen molar-refractivity contribution in [3.05, 3.63) is 41.6 Å². The maximum atomic E-state index is 12.3. The SMILES string of the molecule is CC(=O)c1ccc2c(C(=O)NCC(=O)OC(C)(C)C)ccnc2c1. The molecular formula is C18H20N2O4. The van der Waals surface area contributed by atoms with Crippen molar-refractivity contribution in [2.75, 3.05) is 6.54 Å². The van der Waals surface area contributed by atoms with Crippen LogP contribution in [0.2, 0.25) is 0 Å². The van der Waals surface area contributed by atoms with Gasteiger partial charge >= 0.3 is 5.97 Å². The van der Waals surface area contributed by atoms with Crippen LogP contribution in [-0.2, 0) is 9.53 Å². The fourth-order valence-corrected chi connectivity index (χ4v) is 2.19. The predicted octanol–water partition coefficient (Wildman–Crippen LogP) is 2.51. The van der Waals surface area contributed by atoms with Crippen molar-refractivity contribution in [3.63, 3.8) is 0 Å². The molecule has 1 heterocycles. The average Bonchev–Trinajstić information content (AvgIpc) is 2.49. The summed E-state index contributed by atoms with van der Waals surface area (Å²) in [6.45, 7) is 6.53. The van der Waals surface area contributed by atoms with E-state index in [0.717, 1.165) is 0 Å². The minimum Gasteiger partial charge on any atom is -0.459 e. The number of hydrogen-bond donors (Lipinski definition) is 1. The highest BCUT2D eigenvalue weighted by atomic mass is 16.6.